The van der Waals surface area contributed by atoms with E-state index < -0.39 is 66.6 Å². The van der Waals surface area contributed by atoms with Gasteiger partial charge in [0.05, 0.1) is 32.1 Å². The summed E-state index contributed by atoms with van der Waals surface area (Å²) in [5.41, 5.74) is 0.715. The topological polar surface area (TPSA) is 140 Å². The highest BCUT2D eigenvalue weighted by Crippen LogP contribution is 2.32. The molecule has 3 amide bonds. The van der Waals surface area contributed by atoms with Crippen molar-refractivity contribution in [3.8, 4) is 0 Å². The zero-order valence-electron chi connectivity index (χ0n) is 26.0. The molecule has 264 valence electrons. The van der Waals surface area contributed by atoms with E-state index in [0.717, 1.165) is 13.3 Å². The Morgan fingerprint density at radius 2 is 1.84 bits per heavy atom. The zero-order valence-corrected chi connectivity index (χ0v) is 26.7. The number of morpholine rings is 1. The molecule has 0 spiro atoms. The van der Waals surface area contributed by atoms with Crippen LogP contribution in [0.2, 0.25) is 5.02 Å². The van der Waals surface area contributed by atoms with Crippen LogP contribution in [-0.2, 0) is 25.4 Å². The van der Waals surface area contributed by atoms with Crippen LogP contribution in [0.1, 0.15) is 29.0 Å². The first-order chi connectivity index (χ1) is 23.3. The van der Waals surface area contributed by atoms with Crippen molar-refractivity contribution < 1.29 is 50.5 Å². The van der Waals surface area contributed by atoms with Gasteiger partial charge in [0.15, 0.2) is 0 Å². The highest BCUT2D eigenvalue weighted by Gasteiger charge is 2.35. The van der Waals surface area contributed by atoms with Gasteiger partial charge < -0.3 is 35.5 Å². The van der Waals surface area contributed by atoms with E-state index in [1.807, 2.05) is 0 Å². The molecule has 1 aromatic heterocycles. The van der Waals surface area contributed by atoms with E-state index in [-0.39, 0.29) is 49.4 Å². The molecule has 1 aliphatic heterocycles. The second-order valence-corrected chi connectivity index (χ2v) is 11.4. The quantitative estimate of drug-likeness (QED) is 0.191. The number of pyridine rings is 1. The molecule has 1 aliphatic rings. The summed E-state index contributed by atoms with van der Waals surface area (Å²) in [6.45, 7) is -1.42. The van der Waals surface area contributed by atoms with Gasteiger partial charge in [0.1, 0.15) is 30.8 Å². The van der Waals surface area contributed by atoms with Crippen LogP contribution >= 0.6 is 11.6 Å². The Morgan fingerprint density at radius 1 is 1.08 bits per heavy atom. The molecule has 1 saturated heterocycles. The van der Waals surface area contributed by atoms with E-state index in [1.54, 1.807) is 29.6 Å². The summed E-state index contributed by atoms with van der Waals surface area (Å²) in [5, 5.41) is 10.2. The summed E-state index contributed by atoms with van der Waals surface area (Å²) >= 11 is 6.07. The van der Waals surface area contributed by atoms with Crippen LogP contribution < -0.4 is 21.3 Å². The third kappa shape index (κ3) is 11.0. The number of alkyl carbamates (subject to hydrolysis) is 2. The predicted octanol–water partition coefficient (Wildman–Crippen LogP) is 5.09. The Hall–Kier alpha value is -4.54. The number of carbonyl (C=O) groups excluding carboxylic acids is 3. The lowest BCUT2D eigenvalue weighted by Crippen LogP contribution is -2.49. The third-order valence-electron chi connectivity index (χ3n) is 7.55. The number of hydrogen-bond donors (Lipinski definition) is 4. The summed E-state index contributed by atoms with van der Waals surface area (Å²) in [7, 11) is 1.10. The van der Waals surface area contributed by atoms with Crippen LogP contribution in [0.5, 0.6) is 0 Å². The number of halogens is 6. The first-order valence-corrected chi connectivity index (χ1v) is 15.3. The lowest BCUT2D eigenvalue weighted by molar-refractivity contribution is -0.124. The maximum Gasteiger partial charge on any atom is 0.407 e. The monoisotopic (exact) mass is 713 g/mol. The van der Waals surface area contributed by atoms with E-state index in [0.29, 0.717) is 10.6 Å². The number of rotatable bonds is 12. The van der Waals surface area contributed by atoms with Crippen molar-refractivity contribution in [2.45, 2.75) is 43.1 Å². The van der Waals surface area contributed by atoms with Crippen molar-refractivity contribution in [3.63, 3.8) is 0 Å². The SMILES string of the molecule is COC(=O)N[C@H](C(=O)Nc1cccc(F)c1CC[C@@H]1CN[C@H](COC(=O)NCC(F)(F)F)CO1)[C@@H](c1ccc(Cl)cc1)c1ccncc1F. The van der Waals surface area contributed by atoms with Crippen molar-refractivity contribution in [2.75, 3.05) is 38.7 Å². The van der Waals surface area contributed by atoms with Crippen molar-refractivity contribution in [3.05, 3.63) is 94.3 Å². The Kier molecular flexibility index (Phi) is 13.1. The van der Waals surface area contributed by atoms with Crippen LogP contribution in [0.3, 0.4) is 0 Å². The minimum Gasteiger partial charge on any atom is -0.453 e. The lowest BCUT2D eigenvalue weighted by Gasteiger charge is -2.30. The Morgan fingerprint density at radius 3 is 2.49 bits per heavy atom. The van der Waals surface area contributed by atoms with Gasteiger partial charge in [-0.2, -0.15) is 13.2 Å². The second-order valence-electron chi connectivity index (χ2n) is 11.0. The Bertz CT molecular complexity index is 1590. The van der Waals surface area contributed by atoms with E-state index in [2.05, 4.69) is 20.9 Å². The Balaban J connectivity index is 1.45. The molecule has 0 bridgehead atoms. The van der Waals surface area contributed by atoms with Crippen LogP contribution in [0.25, 0.3) is 0 Å². The average molecular weight is 714 g/mol. The number of nitrogens with zero attached hydrogens (tertiary/aromatic N) is 1. The van der Waals surface area contributed by atoms with Gasteiger partial charge in [-0.05, 0) is 48.7 Å². The number of alkyl halides is 3. The van der Waals surface area contributed by atoms with Crippen LogP contribution in [0.15, 0.2) is 60.9 Å². The van der Waals surface area contributed by atoms with E-state index in [4.69, 9.17) is 25.8 Å². The minimum absolute atomic E-state index is 0.0425. The normalized spacial score (nSPS) is 17.4. The molecular formula is C32H33ClF5N5O6. The average Bonchev–Trinajstić information content (AvgIpc) is 3.07. The van der Waals surface area contributed by atoms with Gasteiger partial charge in [0.25, 0.3) is 0 Å². The number of hydrogen-bond acceptors (Lipinski definition) is 8. The van der Waals surface area contributed by atoms with Gasteiger partial charge in [-0.25, -0.2) is 18.4 Å². The highest BCUT2D eigenvalue weighted by atomic mass is 35.5. The maximum absolute atomic E-state index is 15.2. The van der Waals surface area contributed by atoms with Crippen molar-refractivity contribution >= 4 is 35.4 Å². The molecule has 4 N–H and O–H groups in total. The fraction of sp³-hybridized carbons (Fsp3) is 0.375. The smallest absolute Gasteiger partial charge is 0.407 e. The molecule has 17 heteroatoms. The van der Waals surface area contributed by atoms with Gasteiger partial charge >= 0.3 is 18.4 Å². The zero-order chi connectivity index (χ0) is 35.6. The molecule has 0 saturated carbocycles. The fourth-order valence-electron chi connectivity index (χ4n) is 5.15. The van der Waals surface area contributed by atoms with Gasteiger partial charge in [-0.3, -0.25) is 9.78 Å². The number of nitrogens with one attached hydrogen (secondary N) is 4. The maximum atomic E-state index is 15.2. The van der Waals surface area contributed by atoms with Crippen molar-refractivity contribution in [1.82, 2.24) is 20.9 Å². The first-order valence-electron chi connectivity index (χ1n) is 14.9. The summed E-state index contributed by atoms with van der Waals surface area (Å²) in [5.74, 6) is -3.25. The molecule has 11 nitrogen and oxygen atoms in total. The first kappa shape index (κ1) is 37.3. The predicted molar refractivity (Wildman–Crippen MR) is 167 cm³/mol. The van der Waals surface area contributed by atoms with Crippen LogP contribution in [-0.4, -0.2) is 80.9 Å². The van der Waals surface area contributed by atoms with Gasteiger partial charge in [0.2, 0.25) is 5.91 Å². The van der Waals surface area contributed by atoms with Gasteiger partial charge in [0, 0.05) is 40.5 Å². The van der Waals surface area contributed by atoms with Crippen molar-refractivity contribution in [1.29, 1.82) is 0 Å². The number of methoxy groups -OCH3 is 1. The number of aromatic nitrogens is 1. The molecular weight excluding hydrogens is 681 g/mol. The minimum atomic E-state index is -4.57. The molecule has 2 aromatic carbocycles. The van der Waals surface area contributed by atoms with Gasteiger partial charge in [-0.15, -0.1) is 0 Å². The van der Waals surface area contributed by atoms with Crippen LogP contribution in [0.4, 0.5) is 37.2 Å². The fourth-order valence-corrected chi connectivity index (χ4v) is 5.28. The molecule has 3 aromatic rings. The standard InChI is InChI=1S/C32H33ClF5N5O6/c1-47-31(46)43-28(27(18-5-7-19(33)8-6-18)23-11-12-39-14-25(23)35)29(44)42-26-4-2-3-24(34)22(26)10-9-21-13-40-20(15-48-21)16-49-30(45)41-17-32(36,37)38/h2-8,11-12,14,20-21,27-28,40H,9-10,13,15-17H2,1H3,(H,41,45)(H,42,44)(H,43,46)/t20-,21+,27-,28-/m0/s1. The number of carbonyl (C=O) groups is 3. The lowest BCUT2D eigenvalue weighted by atomic mass is 9.84. The Labute approximate surface area is 282 Å². The van der Waals surface area contributed by atoms with Crippen molar-refractivity contribution in [2.24, 2.45) is 0 Å². The molecule has 0 unspecified atom stereocenters. The van der Waals surface area contributed by atoms with E-state index in [9.17, 15) is 27.6 Å². The molecule has 1 fully saturated rings. The third-order valence-corrected chi connectivity index (χ3v) is 7.80. The molecule has 4 rings (SSSR count). The number of benzene rings is 2. The molecule has 4 atom stereocenters. The highest BCUT2D eigenvalue weighted by molar-refractivity contribution is 6.30. The molecule has 2 heterocycles. The second kappa shape index (κ2) is 17.2. The number of ether oxygens (including phenoxy) is 3. The van der Waals surface area contributed by atoms with E-state index in [1.165, 1.54) is 30.5 Å². The number of amides is 3. The van der Waals surface area contributed by atoms with E-state index >= 15 is 8.78 Å². The van der Waals surface area contributed by atoms with Gasteiger partial charge in [-0.1, -0.05) is 29.8 Å². The molecule has 49 heavy (non-hydrogen) atoms. The summed E-state index contributed by atoms with van der Waals surface area (Å²) in [6.07, 6.45) is -4.48. The summed E-state index contributed by atoms with van der Waals surface area (Å²) < 4.78 is 82.4. The largest absolute Gasteiger partial charge is 0.453 e. The van der Waals surface area contributed by atoms with Crippen LogP contribution in [0, 0.1) is 11.6 Å². The molecule has 0 aliphatic carbocycles. The number of anilines is 1. The summed E-state index contributed by atoms with van der Waals surface area (Å²) in [6, 6.07) is 9.79. The summed E-state index contributed by atoms with van der Waals surface area (Å²) in [4.78, 5) is 41.7. The molecule has 0 radical (unpaired) electrons.